The third-order valence-corrected chi connectivity index (χ3v) is 3.12. The molecule has 0 aliphatic carbocycles. The monoisotopic (exact) mass is 344 g/mol. The highest BCUT2D eigenvalue weighted by molar-refractivity contribution is 5.88. The highest BCUT2D eigenvalue weighted by Crippen LogP contribution is 2.30. The molecule has 0 saturated carbocycles. The van der Waals surface area contributed by atoms with Crippen LogP contribution in [0.25, 0.3) is 11.1 Å². The number of rotatable bonds is 5. The van der Waals surface area contributed by atoms with E-state index in [4.69, 9.17) is 9.47 Å². The van der Waals surface area contributed by atoms with E-state index in [9.17, 15) is 18.4 Å². The lowest BCUT2D eigenvalue weighted by atomic mass is 10.0. The lowest BCUT2D eigenvalue weighted by Crippen LogP contribution is -2.08. The van der Waals surface area contributed by atoms with E-state index >= 15 is 0 Å². The Morgan fingerprint density at radius 1 is 1.04 bits per heavy atom. The predicted molar refractivity (Wildman–Crippen MR) is 88.1 cm³/mol. The summed E-state index contributed by atoms with van der Waals surface area (Å²) in [5, 5.41) is 0. The van der Waals surface area contributed by atoms with Crippen molar-refractivity contribution < 1.29 is 27.8 Å². The number of carbonyl (C=O) groups excluding carboxylic acids is 2. The molecule has 6 heteroatoms. The van der Waals surface area contributed by atoms with Crippen LogP contribution < -0.4 is 9.47 Å². The Balaban J connectivity index is 2.28. The van der Waals surface area contributed by atoms with Gasteiger partial charge in [-0.2, -0.15) is 0 Å². The molecule has 0 amide bonds. The fourth-order valence-electron chi connectivity index (χ4n) is 1.89. The maximum absolute atomic E-state index is 14.2. The molecule has 0 bridgehead atoms. The number of hydrogen-bond acceptors (Lipinski definition) is 4. The van der Waals surface area contributed by atoms with Crippen molar-refractivity contribution in [2.24, 2.45) is 0 Å². The van der Waals surface area contributed by atoms with E-state index in [1.54, 1.807) is 0 Å². The van der Waals surface area contributed by atoms with Crippen LogP contribution in [0, 0.1) is 11.6 Å². The van der Waals surface area contributed by atoms with Gasteiger partial charge in [-0.3, -0.25) is 0 Å². The summed E-state index contributed by atoms with van der Waals surface area (Å²) in [6, 6.07) is 7.38. The van der Waals surface area contributed by atoms with E-state index in [0.29, 0.717) is 0 Å². The Hall–Kier alpha value is -3.28. The third-order valence-electron chi connectivity index (χ3n) is 3.12. The third kappa shape index (κ3) is 4.38. The molecule has 0 aromatic heterocycles. The zero-order chi connectivity index (χ0) is 18.6. The standard InChI is InChI=1S/C19H14F2O4/c1-4-18(22)25-17-8-5-12(9-16(17)21)14-7-6-13(10-15(14)20)24-19(23)11(2)3/h4-10H,1-2H2,3H3. The summed E-state index contributed by atoms with van der Waals surface area (Å²) >= 11 is 0. The minimum Gasteiger partial charge on any atom is -0.423 e. The second kappa shape index (κ2) is 7.53. The SMILES string of the molecule is C=CC(=O)Oc1ccc(-c2ccc(OC(=O)C(=C)C)cc2F)cc1F. The van der Waals surface area contributed by atoms with Gasteiger partial charge in [0.25, 0.3) is 0 Å². The van der Waals surface area contributed by atoms with Gasteiger partial charge in [-0.25, -0.2) is 18.4 Å². The van der Waals surface area contributed by atoms with Crippen LogP contribution in [0.15, 0.2) is 61.2 Å². The van der Waals surface area contributed by atoms with Crippen molar-refractivity contribution in [3.05, 3.63) is 72.8 Å². The molecule has 0 radical (unpaired) electrons. The molecule has 0 heterocycles. The molecule has 0 N–H and O–H groups in total. The van der Waals surface area contributed by atoms with E-state index in [1.807, 2.05) is 0 Å². The van der Waals surface area contributed by atoms with Crippen molar-refractivity contribution in [2.45, 2.75) is 6.92 Å². The fourth-order valence-corrected chi connectivity index (χ4v) is 1.89. The zero-order valence-electron chi connectivity index (χ0n) is 13.3. The van der Waals surface area contributed by atoms with Crippen LogP contribution in [0.2, 0.25) is 0 Å². The number of ether oxygens (including phenoxy) is 2. The largest absolute Gasteiger partial charge is 0.423 e. The molecule has 0 fully saturated rings. The first kappa shape index (κ1) is 18.1. The summed E-state index contributed by atoms with van der Waals surface area (Å²) in [7, 11) is 0. The maximum atomic E-state index is 14.2. The van der Waals surface area contributed by atoms with Gasteiger partial charge >= 0.3 is 11.9 Å². The van der Waals surface area contributed by atoms with Gasteiger partial charge in [0.1, 0.15) is 11.6 Å². The molecule has 0 unspecified atom stereocenters. The zero-order valence-corrected chi connectivity index (χ0v) is 13.3. The Bertz CT molecular complexity index is 872. The molecule has 0 aliphatic rings. The number of halogens is 2. The molecule has 0 aliphatic heterocycles. The smallest absolute Gasteiger partial charge is 0.338 e. The van der Waals surface area contributed by atoms with Crippen LogP contribution in [0.3, 0.4) is 0 Å². The average molecular weight is 344 g/mol. The Labute approximate surface area is 143 Å². The van der Waals surface area contributed by atoms with Gasteiger partial charge < -0.3 is 9.47 Å². The van der Waals surface area contributed by atoms with Crippen LogP contribution in [-0.4, -0.2) is 11.9 Å². The minimum atomic E-state index is -0.829. The highest BCUT2D eigenvalue weighted by atomic mass is 19.1. The van der Waals surface area contributed by atoms with Crippen LogP contribution in [0.4, 0.5) is 8.78 Å². The highest BCUT2D eigenvalue weighted by Gasteiger charge is 2.13. The van der Waals surface area contributed by atoms with Crippen molar-refractivity contribution in [3.8, 4) is 22.6 Å². The second-order valence-electron chi connectivity index (χ2n) is 5.08. The molecular weight excluding hydrogens is 330 g/mol. The molecular formula is C19H14F2O4. The summed E-state index contributed by atoms with van der Waals surface area (Å²) < 4.78 is 37.9. The molecule has 4 nitrogen and oxygen atoms in total. The Kier molecular flexibility index (Phi) is 5.44. The van der Waals surface area contributed by atoms with Gasteiger partial charge in [-0.1, -0.05) is 19.2 Å². The summed E-state index contributed by atoms with van der Waals surface area (Å²) in [5.41, 5.74) is 0.498. The minimum absolute atomic E-state index is 0.00579. The van der Waals surface area contributed by atoms with Gasteiger partial charge in [0.2, 0.25) is 0 Å². The van der Waals surface area contributed by atoms with E-state index in [1.165, 1.54) is 31.2 Å². The van der Waals surface area contributed by atoms with E-state index < -0.39 is 23.6 Å². The van der Waals surface area contributed by atoms with Gasteiger partial charge in [-0.05, 0) is 36.8 Å². The van der Waals surface area contributed by atoms with E-state index in [0.717, 1.165) is 18.2 Å². The summed E-state index contributed by atoms with van der Waals surface area (Å²) in [6.07, 6.45) is 0.901. The van der Waals surface area contributed by atoms with E-state index in [2.05, 4.69) is 13.2 Å². The van der Waals surface area contributed by atoms with Crippen molar-refractivity contribution >= 4 is 11.9 Å². The normalized spacial score (nSPS) is 10.0. The fraction of sp³-hybridized carbons (Fsp3) is 0.0526. The number of hydrogen-bond donors (Lipinski definition) is 0. The van der Waals surface area contributed by atoms with Crippen molar-refractivity contribution in [1.29, 1.82) is 0 Å². The van der Waals surface area contributed by atoms with Gasteiger partial charge in [0.05, 0.1) is 0 Å². The van der Waals surface area contributed by atoms with E-state index in [-0.39, 0.29) is 28.2 Å². The molecule has 128 valence electrons. The quantitative estimate of drug-likeness (QED) is 0.463. The first-order chi connectivity index (χ1) is 11.8. The number of esters is 2. The van der Waals surface area contributed by atoms with Crippen LogP contribution >= 0.6 is 0 Å². The molecule has 25 heavy (non-hydrogen) atoms. The van der Waals surface area contributed by atoms with Crippen LogP contribution in [-0.2, 0) is 9.59 Å². The van der Waals surface area contributed by atoms with Crippen LogP contribution in [0.1, 0.15) is 6.92 Å². The van der Waals surface area contributed by atoms with Gasteiger partial charge in [0.15, 0.2) is 11.6 Å². The first-order valence-electron chi connectivity index (χ1n) is 7.13. The summed E-state index contributed by atoms with van der Waals surface area (Å²) in [6.45, 7) is 8.11. The first-order valence-corrected chi connectivity index (χ1v) is 7.13. The van der Waals surface area contributed by atoms with Crippen molar-refractivity contribution in [2.75, 3.05) is 0 Å². The maximum Gasteiger partial charge on any atom is 0.338 e. The molecule has 2 aromatic rings. The van der Waals surface area contributed by atoms with Crippen molar-refractivity contribution in [3.63, 3.8) is 0 Å². The lowest BCUT2D eigenvalue weighted by molar-refractivity contribution is -0.130. The second-order valence-corrected chi connectivity index (χ2v) is 5.08. The number of carbonyl (C=O) groups is 2. The topological polar surface area (TPSA) is 52.6 Å². The van der Waals surface area contributed by atoms with Gasteiger partial charge in [0, 0.05) is 23.3 Å². The molecule has 0 saturated heterocycles. The lowest BCUT2D eigenvalue weighted by Gasteiger charge is -2.09. The Morgan fingerprint density at radius 3 is 2.32 bits per heavy atom. The van der Waals surface area contributed by atoms with Crippen molar-refractivity contribution in [1.82, 2.24) is 0 Å². The Morgan fingerprint density at radius 2 is 1.76 bits per heavy atom. The van der Waals surface area contributed by atoms with Crippen LogP contribution in [0.5, 0.6) is 11.5 Å². The predicted octanol–water partition coefficient (Wildman–Crippen LogP) is 4.20. The summed E-state index contributed by atoms with van der Waals surface area (Å²) in [5.74, 6) is -3.30. The molecule has 2 rings (SSSR count). The molecule has 0 atom stereocenters. The average Bonchev–Trinajstić information content (AvgIpc) is 2.56. The molecule has 2 aromatic carbocycles. The number of benzene rings is 2. The summed E-state index contributed by atoms with van der Waals surface area (Å²) in [4.78, 5) is 22.5. The molecule has 0 spiro atoms. The van der Waals surface area contributed by atoms with Gasteiger partial charge in [-0.15, -0.1) is 0 Å².